The van der Waals surface area contributed by atoms with Crippen molar-refractivity contribution in [3.05, 3.63) is 113 Å². The number of rotatable bonds is 11. The number of hydrogen-bond donors (Lipinski definition) is 3. The third-order valence-electron chi connectivity index (χ3n) is 6.67. The summed E-state index contributed by atoms with van der Waals surface area (Å²) in [5.41, 5.74) is 6.42. The monoisotopic (exact) mass is 553 g/mol. The van der Waals surface area contributed by atoms with Crippen molar-refractivity contribution in [2.24, 2.45) is 11.7 Å². The first-order valence-electron chi connectivity index (χ1n) is 12.8. The molecule has 0 aliphatic heterocycles. The van der Waals surface area contributed by atoms with Gasteiger partial charge in [0.25, 0.3) is 5.91 Å². The lowest BCUT2D eigenvalue weighted by Crippen LogP contribution is -2.29. The molecule has 1 aromatic heterocycles. The quantitative estimate of drug-likeness (QED) is 0.158. The molecule has 0 saturated heterocycles. The number of hydrogen-bond acceptors (Lipinski definition) is 5. The Kier molecular flexibility index (Phi) is 9.01. The van der Waals surface area contributed by atoms with Gasteiger partial charge in [-0.3, -0.25) is 9.78 Å². The molecule has 210 valence electrons. The maximum atomic E-state index is 15.0. The van der Waals surface area contributed by atoms with Crippen LogP contribution >= 0.6 is 0 Å². The van der Waals surface area contributed by atoms with Crippen molar-refractivity contribution in [3.8, 4) is 0 Å². The van der Waals surface area contributed by atoms with E-state index in [1.807, 2.05) is 12.1 Å². The van der Waals surface area contributed by atoms with Crippen LogP contribution in [0.5, 0.6) is 0 Å². The van der Waals surface area contributed by atoms with E-state index < -0.39 is 23.5 Å². The van der Waals surface area contributed by atoms with Crippen LogP contribution in [-0.4, -0.2) is 30.7 Å². The van der Waals surface area contributed by atoms with Crippen LogP contribution in [0.3, 0.4) is 0 Å². The van der Waals surface area contributed by atoms with Gasteiger partial charge in [0.05, 0.1) is 23.0 Å². The van der Waals surface area contributed by atoms with E-state index in [1.54, 1.807) is 42.6 Å². The van der Waals surface area contributed by atoms with E-state index in [-0.39, 0.29) is 24.0 Å². The van der Waals surface area contributed by atoms with Crippen molar-refractivity contribution in [3.63, 3.8) is 0 Å². The Bertz CT molecular complexity index is 1390. The number of nitrogens with zero attached hydrogens (tertiary/aromatic N) is 2. The molecule has 1 aliphatic carbocycles. The SMILES string of the molecule is C=C(/C=C(/C(=O)Nc1cc(C(NCC2CC2)c2ccccn2)ccc1F)N(C)c1cccc(CN)c1)C(F)(F)F. The molecule has 1 unspecified atom stereocenters. The van der Waals surface area contributed by atoms with E-state index in [1.165, 1.54) is 24.1 Å². The molecule has 1 saturated carbocycles. The number of halogens is 4. The van der Waals surface area contributed by atoms with Crippen molar-refractivity contribution in [2.75, 3.05) is 23.8 Å². The van der Waals surface area contributed by atoms with E-state index in [2.05, 4.69) is 22.2 Å². The predicted octanol–water partition coefficient (Wildman–Crippen LogP) is 5.85. The molecule has 1 fully saturated rings. The Morgan fingerprint density at radius 3 is 2.60 bits per heavy atom. The predicted molar refractivity (Wildman–Crippen MR) is 148 cm³/mol. The number of benzene rings is 2. The molecule has 1 atom stereocenters. The zero-order valence-corrected chi connectivity index (χ0v) is 22.0. The number of aromatic nitrogens is 1. The van der Waals surface area contributed by atoms with Crippen LogP contribution in [0.15, 0.2) is 90.8 Å². The minimum atomic E-state index is -4.76. The van der Waals surface area contributed by atoms with Crippen molar-refractivity contribution in [1.82, 2.24) is 10.3 Å². The molecule has 1 aliphatic rings. The van der Waals surface area contributed by atoms with Gasteiger partial charge in [0.1, 0.15) is 11.5 Å². The molecule has 1 amide bonds. The van der Waals surface area contributed by atoms with Crippen LogP contribution in [0.4, 0.5) is 28.9 Å². The van der Waals surface area contributed by atoms with Crippen molar-refractivity contribution >= 4 is 17.3 Å². The average Bonchev–Trinajstić information content (AvgIpc) is 3.77. The maximum Gasteiger partial charge on any atom is 0.415 e. The van der Waals surface area contributed by atoms with Gasteiger partial charge < -0.3 is 21.3 Å². The minimum Gasteiger partial charge on any atom is -0.340 e. The Labute approximate surface area is 230 Å². The lowest BCUT2D eigenvalue weighted by atomic mass is 10.0. The minimum absolute atomic E-state index is 0.177. The Morgan fingerprint density at radius 1 is 1.18 bits per heavy atom. The second-order valence-electron chi connectivity index (χ2n) is 9.72. The lowest BCUT2D eigenvalue weighted by molar-refractivity contribution is -0.113. The zero-order valence-electron chi connectivity index (χ0n) is 22.0. The van der Waals surface area contributed by atoms with Crippen molar-refractivity contribution < 1.29 is 22.4 Å². The van der Waals surface area contributed by atoms with Crippen LogP contribution in [-0.2, 0) is 11.3 Å². The van der Waals surface area contributed by atoms with E-state index in [9.17, 15) is 22.4 Å². The Hall–Kier alpha value is -4.02. The van der Waals surface area contributed by atoms with Crippen LogP contribution < -0.4 is 21.3 Å². The summed E-state index contributed by atoms with van der Waals surface area (Å²) in [4.78, 5) is 19.1. The van der Waals surface area contributed by atoms with Gasteiger partial charge in [-0.05, 0) is 78.9 Å². The van der Waals surface area contributed by atoms with Gasteiger partial charge in [-0.15, -0.1) is 0 Å². The molecule has 0 radical (unpaired) electrons. The first-order valence-corrected chi connectivity index (χ1v) is 12.8. The maximum absolute atomic E-state index is 15.0. The number of carbonyl (C=O) groups is 1. The third kappa shape index (κ3) is 7.34. The largest absolute Gasteiger partial charge is 0.415 e. The molecule has 4 rings (SSSR count). The molecule has 0 spiro atoms. The van der Waals surface area contributed by atoms with Crippen LogP contribution in [0.25, 0.3) is 0 Å². The molecule has 10 heteroatoms. The van der Waals surface area contributed by atoms with E-state index in [0.29, 0.717) is 28.9 Å². The summed E-state index contributed by atoms with van der Waals surface area (Å²) in [6, 6.07) is 16.1. The smallest absolute Gasteiger partial charge is 0.340 e. The standard InChI is InChI=1S/C30H31F4N5O/c1-19(30(32,33)34)14-27(39(2)23-7-5-6-21(15-23)17-35)29(40)38-26-16-22(11-12-24(26)31)28(37-18-20-9-10-20)25-8-3-4-13-36-25/h3-8,11-16,20,28,37H,1,9-10,17-18,35H2,2H3,(H,38,40)/b27-14-. The van der Waals surface area contributed by atoms with Crippen molar-refractivity contribution in [2.45, 2.75) is 31.6 Å². The molecule has 6 nitrogen and oxygen atoms in total. The first kappa shape index (κ1) is 29.0. The highest BCUT2D eigenvalue weighted by molar-refractivity contribution is 6.06. The van der Waals surface area contributed by atoms with Gasteiger partial charge in [-0.1, -0.05) is 30.8 Å². The molecule has 2 aromatic carbocycles. The Balaban J connectivity index is 1.66. The Morgan fingerprint density at radius 2 is 1.95 bits per heavy atom. The fraction of sp³-hybridized carbons (Fsp3) is 0.267. The summed E-state index contributed by atoms with van der Waals surface area (Å²) in [5, 5.41) is 5.93. The van der Waals surface area contributed by atoms with Crippen LogP contribution in [0.1, 0.15) is 35.7 Å². The second kappa shape index (κ2) is 12.4. The molecular formula is C30H31F4N5O. The highest BCUT2D eigenvalue weighted by Crippen LogP contribution is 2.32. The summed E-state index contributed by atoms with van der Waals surface area (Å²) >= 11 is 0. The molecule has 4 N–H and O–H groups in total. The summed E-state index contributed by atoms with van der Waals surface area (Å²) in [6.07, 6.45) is -0.202. The summed E-state index contributed by atoms with van der Waals surface area (Å²) < 4.78 is 55.2. The van der Waals surface area contributed by atoms with E-state index in [0.717, 1.165) is 24.9 Å². The number of anilines is 2. The number of amides is 1. The first-order chi connectivity index (χ1) is 19.1. The zero-order chi connectivity index (χ0) is 28.9. The normalized spacial score (nSPS) is 14.5. The van der Waals surface area contributed by atoms with Gasteiger partial charge in [0.2, 0.25) is 0 Å². The van der Waals surface area contributed by atoms with E-state index in [4.69, 9.17) is 5.73 Å². The van der Waals surface area contributed by atoms with Crippen molar-refractivity contribution in [1.29, 1.82) is 0 Å². The number of nitrogens with one attached hydrogen (secondary N) is 2. The molecular weight excluding hydrogens is 522 g/mol. The second-order valence-corrected chi connectivity index (χ2v) is 9.72. The molecule has 1 heterocycles. The topological polar surface area (TPSA) is 83.3 Å². The average molecular weight is 554 g/mol. The summed E-state index contributed by atoms with van der Waals surface area (Å²) in [6.45, 7) is 4.03. The molecule has 3 aromatic rings. The molecule has 0 bridgehead atoms. The van der Waals surface area contributed by atoms with Gasteiger partial charge in [-0.2, -0.15) is 13.2 Å². The number of pyridine rings is 1. The van der Waals surface area contributed by atoms with Gasteiger partial charge in [0.15, 0.2) is 0 Å². The number of nitrogens with two attached hydrogens (primary N) is 1. The fourth-order valence-corrected chi connectivity index (χ4v) is 4.14. The van der Waals surface area contributed by atoms with Gasteiger partial charge in [-0.25, -0.2) is 4.39 Å². The van der Waals surface area contributed by atoms with Gasteiger partial charge in [0, 0.05) is 25.5 Å². The highest BCUT2D eigenvalue weighted by atomic mass is 19.4. The number of alkyl halides is 3. The number of allylic oxidation sites excluding steroid dienone is 2. The van der Waals surface area contributed by atoms with E-state index >= 15 is 0 Å². The lowest BCUT2D eigenvalue weighted by Gasteiger charge is -2.24. The molecule has 40 heavy (non-hydrogen) atoms. The summed E-state index contributed by atoms with van der Waals surface area (Å²) in [7, 11) is 1.44. The van der Waals surface area contributed by atoms with Crippen LogP contribution in [0, 0.1) is 11.7 Å². The fourth-order valence-electron chi connectivity index (χ4n) is 4.14. The summed E-state index contributed by atoms with van der Waals surface area (Å²) in [5.74, 6) is -1.11. The van der Waals surface area contributed by atoms with Gasteiger partial charge >= 0.3 is 6.18 Å². The number of likely N-dealkylation sites (N-methyl/N-ethyl adjacent to an activating group) is 1. The van der Waals surface area contributed by atoms with Crippen LogP contribution in [0.2, 0.25) is 0 Å². The number of carbonyl (C=O) groups excluding carboxylic acids is 1. The highest BCUT2D eigenvalue weighted by Gasteiger charge is 2.32. The third-order valence-corrected chi connectivity index (χ3v) is 6.67.